The summed E-state index contributed by atoms with van der Waals surface area (Å²) in [6, 6.07) is 12.3. The van der Waals surface area contributed by atoms with Crippen LogP contribution in [0.15, 0.2) is 48.8 Å². The Labute approximate surface area is 124 Å². The lowest BCUT2D eigenvalue weighted by atomic mass is 10.1. The lowest BCUT2D eigenvalue weighted by Gasteiger charge is -2.12. The summed E-state index contributed by atoms with van der Waals surface area (Å²) in [6.45, 7) is 6.21. The maximum absolute atomic E-state index is 4.78. The molecule has 4 nitrogen and oxygen atoms in total. The zero-order chi connectivity index (χ0) is 14.7. The third kappa shape index (κ3) is 3.11. The van der Waals surface area contributed by atoms with Crippen molar-refractivity contribution in [3.63, 3.8) is 0 Å². The van der Waals surface area contributed by atoms with Crippen LogP contribution in [0.1, 0.15) is 19.4 Å². The van der Waals surface area contributed by atoms with E-state index in [4.69, 9.17) is 4.98 Å². The summed E-state index contributed by atoms with van der Waals surface area (Å²) in [5.41, 5.74) is 2.16. The van der Waals surface area contributed by atoms with Crippen LogP contribution >= 0.6 is 0 Å². The predicted octanol–water partition coefficient (Wildman–Crippen LogP) is 3.17. The molecule has 0 saturated heterocycles. The highest BCUT2D eigenvalue weighted by molar-refractivity contribution is 5.80. The second-order valence-electron chi connectivity index (χ2n) is 5.64. The van der Waals surface area contributed by atoms with Crippen molar-refractivity contribution in [2.45, 2.75) is 20.4 Å². The summed E-state index contributed by atoms with van der Waals surface area (Å²) in [5, 5.41) is 8.97. The molecule has 108 valence electrons. The zero-order valence-electron chi connectivity index (χ0n) is 12.5. The van der Waals surface area contributed by atoms with E-state index in [1.165, 1.54) is 0 Å². The first-order valence-electron chi connectivity index (χ1n) is 7.33. The Morgan fingerprint density at radius 2 is 2.05 bits per heavy atom. The quantitative estimate of drug-likeness (QED) is 0.780. The molecule has 0 aliphatic rings. The summed E-state index contributed by atoms with van der Waals surface area (Å²) < 4.78 is 1.83. The fraction of sp³-hybridized carbons (Fsp3) is 0.294. The molecule has 3 aromatic rings. The molecule has 2 heterocycles. The van der Waals surface area contributed by atoms with Gasteiger partial charge in [-0.2, -0.15) is 5.10 Å². The van der Waals surface area contributed by atoms with Crippen LogP contribution in [0.4, 0.5) is 0 Å². The molecule has 0 spiro atoms. The van der Waals surface area contributed by atoms with E-state index < -0.39 is 0 Å². The Kier molecular flexibility index (Phi) is 3.97. The summed E-state index contributed by atoms with van der Waals surface area (Å²) in [6.07, 6.45) is 3.71. The molecule has 0 amide bonds. The van der Waals surface area contributed by atoms with Gasteiger partial charge in [0.05, 0.1) is 5.52 Å². The average Bonchev–Trinajstić information content (AvgIpc) is 3.00. The molecule has 0 unspecified atom stereocenters. The number of nitrogens with zero attached hydrogens (tertiary/aromatic N) is 3. The molecule has 0 atom stereocenters. The third-order valence-electron chi connectivity index (χ3n) is 3.37. The SMILES string of the molecule is CC(C)CNCc1cc2ccccc2nc1-n1cccn1. The molecule has 3 rings (SSSR count). The number of aromatic nitrogens is 3. The molecule has 1 aromatic carbocycles. The van der Waals surface area contributed by atoms with E-state index >= 15 is 0 Å². The minimum atomic E-state index is 0.631. The van der Waals surface area contributed by atoms with Crippen molar-refractivity contribution in [2.24, 2.45) is 5.92 Å². The number of benzene rings is 1. The Morgan fingerprint density at radius 3 is 2.81 bits per heavy atom. The van der Waals surface area contributed by atoms with Gasteiger partial charge >= 0.3 is 0 Å². The van der Waals surface area contributed by atoms with Crippen molar-refractivity contribution in [3.8, 4) is 5.82 Å². The molecular weight excluding hydrogens is 260 g/mol. The molecule has 0 fully saturated rings. The zero-order valence-corrected chi connectivity index (χ0v) is 12.5. The Morgan fingerprint density at radius 1 is 1.19 bits per heavy atom. The van der Waals surface area contributed by atoms with Crippen molar-refractivity contribution in [2.75, 3.05) is 6.54 Å². The first kappa shape index (κ1) is 13.8. The second kappa shape index (κ2) is 6.06. The highest BCUT2D eigenvalue weighted by atomic mass is 15.3. The monoisotopic (exact) mass is 280 g/mol. The average molecular weight is 280 g/mol. The molecule has 0 bridgehead atoms. The van der Waals surface area contributed by atoms with E-state index in [-0.39, 0.29) is 0 Å². The van der Waals surface area contributed by atoms with Gasteiger partial charge in [-0.3, -0.25) is 0 Å². The van der Waals surface area contributed by atoms with Crippen molar-refractivity contribution in [3.05, 3.63) is 54.4 Å². The Hall–Kier alpha value is -2.20. The van der Waals surface area contributed by atoms with Crippen LogP contribution in [-0.2, 0) is 6.54 Å². The highest BCUT2D eigenvalue weighted by Crippen LogP contribution is 2.19. The molecule has 21 heavy (non-hydrogen) atoms. The van der Waals surface area contributed by atoms with Gasteiger partial charge in [0.1, 0.15) is 0 Å². The smallest absolute Gasteiger partial charge is 0.158 e. The fourth-order valence-corrected chi connectivity index (χ4v) is 2.37. The number of pyridine rings is 1. The summed E-state index contributed by atoms with van der Waals surface area (Å²) in [5.74, 6) is 1.53. The second-order valence-corrected chi connectivity index (χ2v) is 5.64. The summed E-state index contributed by atoms with van der Waals surface area (Å²) >= 11 is 0. The lowest BCUT2D eigenvalue weighted by molar-refractivity contribution is 0.550. The van der Waals surface area contributed by atoms with E-state index in [0.717, 1.165) is 35.4 Å². The molecule has 1 N–H and O–H groups in total. The van der Waals surface area contributed by atoms with Gasteiger partial charge in [0.15, 0.2) is 5.82 Å². The number of hydrogen-bond donors (Lipinski definition) is 1. The summed E-state index contributed by atoms with van der Waals surface area (Å²) in [7, 11) is 0. The van der Waals surface area contributed by atoms with E-state index in [9.17, 15) is 0 Å². The van der Waals surface area contributed by atoms with Crippen molar-refractivity contribution >= 4 is 10.9 Å². The van der Waals surface area contributed by atoms with Crippen LogP contribution in [-0.4, -0.2) is 21.3 Å². The number of para-hydroxylation sites is 1. The minimum Gasteiger partial charge on any atom is -0.312 e. The van der Waals surface area contributed by atoms with Crippen molar-refractivity contribution in [1.82, 2.24) is 20.1 Å². The minimum absolute atomic E-state index is 0.631. The first-order chi connectivity index (χ1) is 10.2. The maximum atomic E-state index is 4.78. The van der Waals surface area contributed by atoms with Gasteiger partial charge in [0.2, 0.25) is 0 Å². The van der Waals surface area contributed by atoms with Gasteiger partial charge in [0, 0.05) is 29.9 Å². The third-order valence-corrected chi connectivity index (χ3v) is 3.37. The van der Waals surface area contributed by atoms with E-state index in [1.54, 1.807) is 6.20 Å². The van der Waals surface area contributed by atoms with E-state index in [2.05, 4.69) is 36.4 Å². The van der Waals surface area contributed by atoms with Gasteiger partial charge in [-0.1, -0.05) is 32.0 Å². The van der Waals surface area contributed by atoms with E-state index in [1.807, 2.05) is 35.1 Å². The van der Waals surface area contributed by atoms with Gasteiger partial charge in [-0.25, -0.2) is 9.67 Å². The number of fused-ring (bicyclic) bond motifs is 1. The van der Waals surface area contributed by atoms with Crippen LogP contribution in [0, 0.1) is 5.92 Å². The van der Waals surface area contributed by atoms with Crippen molar-refractivity contribution in [1.29, 1.82) is 0 Å². The van der Waals surface area contributed by atoms with Crippen LogP contribution in [0.2, 0.25) is 0 Å². The first-order valence-corrected chi connectivity index (χ1v) is 7.33. The largest absolute Gasteiger partial charge is 0.312 e. The Bertz CT molecular complexity index is 717. The summed E-state index contributed by atoms with van der Waals surface area (Å²) in [4.78, 5) is 4.78. The molecular formula is C17H20N4. The molecule has 0 saturated carbocycles. The number of nitrogens with one attached hydrogen (secondary N) is 1. The molecule has 0 aliphatic carbocycles. The lowest BCUT2D eigenvalue weighted by Crippen LogP contribution is -2.20. The molecule has 0 radical (unpaired) electrons. The topological polar surface area (TPSA) is 42.7 Å². The van der Waals surface area contributed by atoms with Crippen LogP contribution in [0.3, 0.4) is 0 Å². The normalized spacial score (nSPS) is 11.4. The molecule has 4 heteroatoms. The van der Waals surface area contributed by atoms with Crippen LogP contribution in [0.5, 0.6) is 0 Å². The van der Waals surface area contributed by atoms with Gasteiger partial charge in [0.25, 0.3) is 0 Å². The van der Waals surface area contributed by atoms with E-state index in [0.29, 0.717) is 5.92 Å². The Balaban J connectivity index is 2.00. The molecule has 2 aromatic heterocycles. The number of hydrogen-bond acceptors (Lipinski definition) is 3. The molecule has 0 aliphatic heterocycles. The maximum Gasteiger partial charge on any atom is 0.158 e. The fourth-order valence-electron chi connectivity index (χ4n) is 2.37. The predicted molar refractivity (Wildman–Crippen MR) is 85.4 cm³/mol. The highest BCUT2D eigenvalue weighted by Gasteiger charge is 2.09. The van der Waals surface area contributed by atoms with Crippen LogP contribution < -0.4 is 5.32 Å². The van der Waals surface area contributed by atoms with Crippen LogP contribution in [0.25, 0.3) is 16.7 Å². The van der Waals surface area contributed by atoms with Crippen molar-refractivity contribution < 1.29 is 0 Å². The number of rotatable bonds is 5. The van der Waals surface area contributed by atoms with Gasteiger partial charge < -0.3 is 5.32 Å². The van der Waals surface area contributed by atoms with Gasteiger partial charge in [-0.05, 0) is 30.7 Å². The standard InChI is InChI=1S/C17H20N4/c1-13(2)11-18-12-15-10-14-6-3-4-7-16(14)20-17(15)21-9-5-8-19-21/h3-10,13,18H,11-12H2,1-2H3. The van der Waals surface area contributed by atoms with Gasteiger partial charge in [-0.15, -0.1) is 0 Å².